The van der Waals surface area contributed by atoms with Crippen LogP contribution in [0.15, 0.2) is 30.5 Å². The fourth-order valence-electron chi connectivity index (χ4n) is 2.00. The average molecular weight is 290 g/mol. The highest BCUT2D eigenvalue weighted by atomic mass is 32.1. The third-order valence-electron chi connectivity index (χ3n) is 3.04. The fraction of sp³-hybridized carbons (Fsp3) is 0.400. The first-order chi connectivity index (χ1) is 9.72. The van der Waals surface area contributed by atoms with Crippen LogP contribution in [0.2, 0.25) is 0 Å². The van der Waals surface area contributed by atoms with Gasteiger partial charge in [-0.2, -0.15) is 0 Å². The predicted molar refractivity (Wildman–Crippen MR) is 79.4 cm³/mol. The van der Waals surface area contributed by atoms with Crippen molar-refractivity contribution >= 4 is 11.3 Å². The van der Waals surface area contributed by atoms with Gasteiger partial charge in [0.05, 0.1) is 0 Å². The third-order valence-corrected chi connectivity index (χ3v) is 4.13. The molecule has 0 saturated heterocycles. The number of nitrogens with one attached hydrogen (secondary N) is 1. The summed E-state index contributed by atoms with van der Waals surface area (Å²) in [5.41, 5.74) is 0. The maximum atomic E-state index is 5.96. The molecule has 0 saturated carbocycles. The first-order valence-electron chi connectivity index (χ1n) is 6.79. The summed E-state index contributed by atoms with van der Waals surface area (Å²) in [6.45, 7) is 5.63. The number of hydrogen-bond donors (Lipinski definition) is 1. The van der Waals surface area contributed by atoms with E-state index in [0.717, 1.165) is 23.1 Å². The Bertz CT molecular complexity index is 583. The molecule has 4 nitrogen and oxygen atoms in total. The van der Waals surface area contributed by atoms with Gasteiger partial charge in [-0.3, -0.25) is 0 Å². The molecule has 0 spiro atoms. The second-order valence-corrected chi connectivity index (χ2v) is 6.21. The first-order valence-corrected chi connectivity index (χ1v) is 7.60. The zero-order valence-corrected chi connectivity index (χ0v) is 12.4. The van der Waals surface area contributed by atoms with Crippen LogP contribution in [0.3, 0.4) is 0 Å². The summed E-state index contributed by atoms with van der Waals surface area (Å²) < 4.78 is 11.7. The van der Waals surface area contributed by atoms with E-state index >= 15 is 0 Å². The molecule has 0 fully saturated rings. The Morgan fingerprint density at radius 2 is 2.15 bits per heavy atom. The van der Waals surface area contributed by atoms with E-state index in [1.807, 2.05) is 30.5 Å². The van der Waals surface area contributed by atoms with E-state index < -0.39 is 0 Å². The monoisotopic (exact) mass is 290 g/mol. The number of fused-ring (bicyclic) bond motifs is 1. The predicted octanol–water partition coefficient (Wildman–Crippen LogP) is 3.15. The number of benzene rings is 1. The van der Waals surface area contributed by atoms with Gasteiger partial charge < -0.3 is 14.8 Å². The molecule has 106 valence electrons. The summed E-state index contributed by atoms with van der Waals surface area (Å²) in [4.78, 5) is 5.68. The minimum Gasteiger partial charge on any atom is -0.485 e. The van der Waals surface area contributed by atoms with Crippen molar-refractivity contribution in [1.29, 1.82) is 0 Å². The summed E-state index contributed by atoms with van der Waals surface area (Å²) in [6.07, 6.45) is 1.81. The molecule has 3 rings (SSSR count). The highest BCUT2D eigenvalue weighted by Crippen LogP contribution is 2.36. The molecule has 0 amide bonds. The molecular formula is C15H18N2O2S. The van der Waals surface area contributed by atoms with Gasteiger partial charge in [-0.15, -0.1) is 11.3 Å². The largest absolute Gasteiger partial charge is 0.485 e. The molecule has 0 aliphatic carbocycles. The van der Waals surface area contributed by atoms with Crippen molar-refractivity contribution in [3.8, 4) is 11.5 Å². The van der Waals surface area contributed by atoms with Crippen LogP contribution in [0.1, 0.15) is 29.8 Å². The molecule has 0 radical (unpaired) electrons. The maximum Gasteiger partial charge on any atom is 0.184 e. The fourth-order valence-corrected chi connectivity index (χ4v) is 2.88. The van der Waals surface area contributed by atoms with E-state index in [2.05, 4.69) is 24.1 Å². The summed E-state index contributed by atoms with van der Waals surface area (Å²) in [7, 11) is 0. The molecule has 1 aromatic heterocycles. The zero-order valence-electron chi connectivity index (χ0n) is 11.6. The molecule has 1 aliphatic rings. The van der Waals surface area contributed by atoms with Crippen molar-refractivity contribution in [2.24, 2.45) is 0 Å². The summed E-state index contributed by atoms with van der Waals surface area (Å²) >= 11 is 1.68. The van der Waals surface area contributed by atoms with Crippen LogP contribution in [0.5, 0.6) is 11.5 Å². The van der Waals surface area contributed by atoms with Crippen LogP contribution >= 0.6 is 11.3 Å². The van der Waals surface area contributed by atoms with E-state index in [4.69, 9.17) is 9.47 Å². The molecular weight excluding hydrogens is 272 g/mol. The quantitative estimate of drug-likeness (QED) is 0.939. The molecule has 1 N–H and O–H groups in total. The molecule has 1 aromatic carbocycles. The Kier molecular flexibility index (Phi) is 3.89. The smallest absolute Gasteiger partial charge is 0.184 e. The van der Waals surface area contributed by atoms with E-state index in [1.54, 1.807) is 11.3 Å². The minimum absolute atomic E-state index is 0.109. The van der Waals surface area contributed by atoms with Crippen molar-refractivity contribution < 1.29 is 9.47 Å². The van der Waals surface area contributed by atoms with Gasteiger partial charge in [-0.05, 0) is 12.1 Å². The Morgan fingerprint density at radius 3 is 2.95 bits per heavy atom. The summed E-state index contributed by atoms with van der Waals surface area (Å²) in [5, 5.41) is 4.36. The van der Waals surface area contributed by atoms with Crippen molar-refractivity contribution in [1.82, 2.24) is 10.3 Å². The van der Waals surface area contributed by atoms with Gasteiger partial charge in [-0.1, -0.05) is 26.0 Å². The Hall–Kier alpha value is -1.59. The molecule has 1 unspecified atom stereocenters. The van der Waals surface area contributed by atoms with Crippen molar-refractivity contribution in [2.45, 2.75) is 32.5 Å². The third kappa shape index (κ3) is 2.94. The Balaban J connectivity index is 1.69. The lowest BCUT2D eigenvalue weighted by Gasteiger charge is -2.24. The second kappa shape index (κ2) is 5.81. The van der Waals surface area contributed by atoms with Gasteiger partial charge >= 0.3 is 0 Å². The van der Waals surface area contributed by atoms with Crippen LogP contribution in [0.4, 0.5) is 0 Å². The van der Waals surface area contributed by atoms with Crippen LogP contribution in [0, 0.1) is 0 Å². The number of nitrogens with zero attached hydrogens (tertiary/aromatic N) is 1. The number of thiazole rings is 1. The number of aromatic nitrogens is 1. The van der Waals surface area contributed by atoms with Gasteiger partial charge in [0.2, 0.25) is 0 Å². The van der Waals surface area contributed by atoms with Crippen LogP contribution < -0.4 is 14.8 Å². The SMILES string of the molecule is CC(C)NCc1cnc(C2COc3ccccc3O2)s1. The van der Waals surface area contributed by atoms with Crippen molar-refractivity contribution in [2.75, 3.05) is 6.61 Å². The van der Waals surface area contributed by atoms with E-state index in [1.165, 1.54) is 4.88 Å². The lowest BCUT2D eigenvalue weighted by atomic mass is 10.2. The van der Waals surface area contributed by atoms with E-state index in [9.17, 15) is 0 Å². The number of para-hydroxylation sites is 2. The summed E-state index contributed by atoms with van der Waals surface area (Å²) in [5.74, 6) is 1.60. The second-order valence-electron chi connectivity index (χ2n) is 5.06. The normalized spacial score (nSPS) is 17.4. The topological polar surface area (TPSA) is 43.4 Å². The lowest BCUT2D eigenvalue weighted by Crippen LogP contribution is -2.21. The first kappa shape index (κ1) is 13.4. The van der Waals surface area contributed by atoms with E-state index in [0.29, 0.717) is 12.6 Å². The Labute approximate surface area is 122 Å². The molecule has 0 bridgehead atoms. The molecule has 20 heavy (non-hydrogen) atoms. The van der Waals surface area contributed by atoms with Crippen LogP contribution in [-0.2, 0) is 6.54 Å². The van der Waals surface area contributed by atoms with E-state index in [-0.39, 0.29) is 6.10 Å². The minimum atomic E-state index is -0.109. The molecule has 2 aromatic rings. The van der Waals surface area contributed by atoms with Gasteiger partial charge in [0, 0.05) is 23.7 Å². The van der Waals surface area contributed by atoms with Gasteiger partial charge in [0.1, 0.15) is 11.6 Å². The molecule has 2 heterocycles. The van der Waals surface area contributed by atoms with Crippen LogP contribution in [-0.4, -0.2) is 17.6 Å². The number of rotatable bonds is 4. The maximum absolute atomic E-state index is 5.96. The zero-order chi connectivity index (χ0) is 13.9. The highest BCUT2D eigenvalue weighted by Gasteiger charge is 2.24. The van der Waals surface area contributed by atoms with Crippen molar-refractivity contribution in [3.05, 3.63) is 40.3 Å². The highest BCUT2D eigenvalue weighted by molar-refractivity contribution is 7.11. The molecule has 5 heteroatoms. The van der Waals surface area contributed by atoms with Crippen molar-refractivity contribution in [3.63, 3.8) is 0 Å². The Morgan fingerprint density at radius 1 is 1.35 bits per heavy atom. The lowest BCUT2D eigenvalue weighted by molar-refractivity contribution is 0.0911. The summed E-state index contributed by atoms with van der Waals surface area (Å²) in [6, 6.07) is 8.22. The molecule has 1 aliphatic heterocycles. The standard InChI is InChI=1S/C15H18N2O2S/c1-10(2)16-7-11-8-17-15(20-11)14-9-18-12-5-3-4-6-13(12)19-14/h3-6,8,10,14,16H,7,9H2,1-2H3. The number of ether oxygens (including phenoxy) is 2. The van der Waals surface area contributed by atoms with Gasteiger partial charge in [0.15, 0.2) is 17.6 Å². The van der Waals surface area contributed by atoms with Crippen LogP contribution in [0.25, 0.3) is 0 Å². The van der Waals surface area contributed by atoms with Gasteiger partial charge in [-0.25, -0.2) is 4.98 Å². The molecule has 1 atom stereocenters. The number of hydrogen-bond acceptors (Lipinski definition) is 5. The average Bonchev–Trinajstić information content (AvgIpc) is 2.93. The van der Waals surface area contributed by atoms with Gasteiger partial charge in [0.25, 0.3) is 0 Å².